The molecule has 0 atom stereocenters. The van der Waals surface area contributed by atoms with Gasteiger partial charge in [-0.05, 0) is 45.0 Å². The number of carbonyl (C=O) groups is 2. The van der Waals surface area contributed by atoms with E-state index in [9.17, 15) is 9.59 Å². The largest absolute Gasteiger partial charge is 0.275 e. The quantitative estimate of drug-likeness (QED) is 0.414. The Balaban J connectivity index is 1.28. The minimum atomic E-state index is -0.156. The van der Waals surface area contributed by atoms with Crippen molar-refractivity contribution in [2.75, 3.05) is 6.54 Å². The second-order valence-corrected chi connectivity index (χ2v) is 9.10. The molecule has 0 unspecified atom stereocenters. The number of benzene rings is 4. The van der Waals surface area contributed by atoms with Crippen LogP contribution in [0.15, 0.2) is 102 Å². The molecule has 0 spiro atoms. The molecule has 0 fully saturated rings. The molecule has 8 rings (SSSR count). The lowest BCUT2D eigenvalue weighted by molar-refractivity contribution is -0.137. The smallest absolute Gasteiger partial charge is 0.258 e. The minimum absolute atomic E-state index is 0.116. The van der Waals surface area contributed by atoms with Crippen molar-refractivity contribution in [1.82, 2.24) is 4.90 Å². The predicted molar refractivity (Wildman–Crippen MR) is 128 cm³/mol. The van der Waals surface area contributed by atoms with E-state index in [-0.39, 0.29) is 23.7 Å². The zero-order valence-electron chi connectivity index (χ0n) is 18.0. The Bertz CT molecular complexity index is 1400. The molecular formula is C30H21NO2. The van der Waals surface area contributed by atoms with E-state index in [1.54, 1.807) is 0 Å². The first-order chi connectivity index (χ1) is 16.2. The van der Waals surface area contributed by atoms with Crippen molar-refractivity contribution in [3.05, 3.63) is 130 Å². The summed E-state index contributed by atoms with van der Waals surface area (Å²) in [6.07, 6.45) is 0.647. The second-order valence-electron chi connectivity index (χ2n) is 9.10. The molecule has 33 heavy (non-hydrogen) atoms. The Labute approximate surface area is 192 Å². The van der Waals surface area contributed by atoms with E-state index in [2.05, 4.69) is 48.5 Å². The number of nitrogens with zero attached hydrogens (tertiary/aromatic N) is 1. The average molecular weight is 428 g/mol. The predicted octanol–water partition coefficient (Wildman–Crippen LogP) is 5.34. The van der Waals surface area contributed by atoms with Gasteiger partial charge in [-0.2, -0.15) is 0 Å². The molecule has 0 saturated heterocycles. The Hall–Kier alpha value is -3.98. The van der Waals surface area contributed by atoms with Gasteiger partial charge in [-0.15, -0.1) is 0 Å². The number of amides is 2. The summed E-state index contributed by atoms with van der Waals surface area (Å²) in [5.41, 5.74) is 7.21. The van der Waals surface area contributed by atoms with Crippen LogP contribution in [0, 0.1) is 0 Å². The number of imide groups is 1. The fourth-order valence-corrected chi connectivity index (χ4v) is 6.15. The van der Waals surface area contributed by atoms with Gasteiger partial charge in [-0.3, -0.25) is 14.5 Å². The number of fused-ring (bicyclic) bond motifs is 1. The molecule has 0 aromatic heterocycles. The third-order valence-corrected chi connectivity index (χ3v) is 7.54. The molecule has 4 aromatic rings. The van der Waals surface area contributed by atoms with Crippen molar-refractivity contribution in [3.63, 3.8) is 0 Å². The summed E-state index contributed by atoms with van der Waals surface area (Å²) < 4.78 is 0. The maximum atomic E-state index is 13.7. The third kappa shape index (κ3) is 2.45. The van der Waals surface area contributed by atoms with Gasteiger partial charge in [0.25, 0.3) is 11.8 Å². The van der Waals surface area contributed by atoms with E-state index >= 15 is 0 Å². The topological polar surface area (TPSA) is 37.4 Å². The van der Waals surface area contributed by atoms with Gasteiger partial charge in [-0.1, -0.05) is 91.0 Å². The lowest BCUT2D eigenvalue weighted by atomic mass is 9.61. The molecule has 2 amide bonds. The van der Waals surface area contributed by atoms with E-state index < -0.39 is 0 Å². The molecular weight excluding hydrogens is 406 g/mol. The Morgan fingerprint density at radius 2 is 1.06 bits per heavy atom. The zero-order valence-corrected chi connectivity index (χ0v) is 18.0. The third-order valence-electron chi connectivity index (χ3n) is 7.54. The summed E-state index contributed by atoms with van der Waals surface area (Å²) in [5, 5.41) is 2.35. The van der Waals surface area contributed by atoms with E-state index in [1.807, 2.05) is 42.5 Å². The van der Waals surface area contributed by atoms with Crippen molar-refractivity contribution in [1.29, 1.82) is 0 Å². The van der Waals surface area contributed by atoms with Crippen molar-refractivity contribution >= 4 is 22.6 Å². The van der Waals surface area contributed by atoms with Crippen molar-refractivity contribution < 1.29 is 9.59 Å². The molecule has 0 saturated carbocycles. The highest BCUT2D eigenvalue weighted by molar-refractivity contribution is 6.22. The maximum Gasteiger partial charge on any atom is 0.258 e. The molecule has 1 aliphatic heterocycles. The summed E-state index contributed by atoms with van der Waals surface area (Å²) in [7, 11) is 0. The number of rotatable bonds is 3. The summed E-state index contributed by atoms with van der Waals surface area (Å²) in [5.74, 6) is -0.545. The molecule has 2 bridgehead atoms. The first-order valence-electron chi connectivity index (χ1n) is 11.5. The fourth-order valence-electron chi connectivity index (χ4n) is 6.15. The van der Waals surface area contributed by atoms with Gasteiger partial charge in [0, 0.05) is 29.5 Å². The van der Waals surface area contributed by atoms with Gasteiger partial charge in [-0.25, -0.2) is 0 Å². The van der Waals surface area contributed by atoms with Gasteiger partial charge in [0.2, 0.25) is 0 Å². The molecule has 3 aliphatic carbocycles. The highest BCUT2D eigenvalue weighted by Crippen LogP contribution is 2.57. The van der Waals surface area contributed by atoms with E-state index in [0.717, 1.165) is 27.8 Å². The monoisotopic (exact) mass is 427 g/mol. The van der Waals surface area contributed by atoms with Crippen LogP contribution in [-0.2, 0) is 16.0 Å². The summed E-state index contributed by atoms with van der Waals surface area (Å²) in [6.45, 7) is 0.394. The number of hydrogen-bond donors (Lipinski definition) is 0. The van der Waals surface area contributed by atoms with Crippen LogP contribution in [0.5, 0.6) is 0 Å². The lowest BCUT2D eigenvalue weighted by Crippen LogP contribution is -2.34. The first-order valence-corrected chi connectivity index (χ1v) is 11.5. The summed E-state index contributed by atoms with van der Waals surface area (Å²) >= 11 is 0. The normalized spacial score (nSPS) is 20.3. The van der Waals surface area contributed by atoms with E-state index in [4.69, 9.17) is 0 Å². The molecule has 1 heterocycles. The van der Waals surface area contributed by atoms with Crippen LogP contribution in [0.4, 0.5) is 0 Å². The summed E-state index contributed by atoms with van der Waals surface area (Å²) in [4.78, 5) is 28.9. The lowest BCUT2D eigenvalue weighted by Gasteiger charge is -2.39. The van der Waals surface area contributed by atoms with Crippen molar-refractivity contribution in [2.45, 2.75) is 18.3 Å². The fraction of sp³-hybridized carbons (Fsp3) is 0.133. The van der Waals surface area contributed by atoms with Crippen LogP contribution in [0.2, 0.25) is 0 Å². The highest BCUT2D eigenvalue weighted by atomic mass is 16.2. The number of hydrogen-bond acceptors (Lipinski definition) is 2. The Morgan fingerprint density at radius 1 is 0.576 bits per heavy atom. The summed E-state index contributed by atoms with van der Waals surface area (Å²) in [6, 6.07) is 31.1. The van der Waals surface area contributed by atoms with Crippen LogP contribution >= 0.6 is 0 Å². The standard InChI is InChI=1S/C30H21NO2/c32-29-27-25-21-12-3-4-13-22(21)26(24-15-6-5-14-23(24)25)28(27)30(33)31(29)17-16-19-10-7-9-18-8-1-2-11-20(18)19/h1-15,25-26H,16-17H2. The maximum absolute atomic E-state index is 13.7. The Morgan fingerprint density at radius 3 is 1.64 bits per heavy atom. The molecule has 158 valence electrons. The molecule has 0 radical (unpaired) electrons. The molecule has 3 nitrogen and oxygen atoms in total. The Kier molecular flexibility index (Phi) is 3.80. The van der Waals surface area contributed by atoms with Gasteiger partial charge >= 0.3 is 0 Å². The van der Waals surface area contributed by atoms with Crippen LogP contribution in [0.25, 0.3) is 10.8 Å². The zero-order chi connectivity index (χ0) is 22.1. The second kappa shape index (κ2) is 6.76. The van der Waals surface area contributed by atoms with E-state index in [1.165, 1.54) is 15.7 Å². The minimum Gasteiger partial charge on any atom is -0.275 e. The van der Waals surface area contributed by atoms with Crippen molar-refractivity contribution in [3.8, 4) is 0 Å². The van der Waals surface area contributed by atoms with Crippen LogP contribution in [0.1, 0.15) is 39.7 Å². The first kappa shape index (κ1) is 18.6. The molecule has 4 aromatic carbocycles. The van der Waals surface area contributed by atoms with Gasteiger partial charge < -0.3 is 0 Å². The highest BCUT2D eigenvalue weighted by Gasteiger charge is 2.53. The molecule has 0 N–H and O–H groups in total. The van der Waals surface area contributed by atoms with E-state index in [0.29, 0.717) is 24.1 Å². The van der Waals surface area contributed by atoms with Gasteiger partial charge in [0.15, 0.2) is 0 Å². The molecule has 4 aliphatic rings. The number of carbonyl (C=O) groups excluding carboxylic acids is 2. The average Bonchev–Trinajstić information content (AvgIpc) is 3.12. The van der Waals surface area contributed by atoms with Crippen LogP contribution < -0.4 is 0 Å². The molecule has 3 heteroatoms. The van der Waals surface area contributed by atoms with Crippen LogP contribution in [0.3, 0.4) is 0 Å². The van der Waals surface area contributed by atoms with Gasteiger partial charge in [0.1, 0.15) is 0 Å². The van der Waals surface area contributed by atoms with Gasteiger partial charge in [0.05, 0.1) is 0 Å². The van der Waals surface area contributed by atoms with Crippen LogP contribution in [-0.4, -0.2) is 23.3 Å². The van der Waals surface area contributed by atoms with Crippen molar-refractivity contribution in [2.24, 2.45) is 0 Å². The SMILES string of the molecule is O=C1C2=C(C(=O)N1CCc1cccc3ccccc13)C1c3ccccc3C2c2ccccc21.